The molecule has 2 unspecified atom stereocenters. The van der Waals surface area contributed by atoms with E-state index in [1.807, 2.05) is 0 Å². The van der Waals surface area contributed by atoms with Crippen LogP contribution in [0.1, 0.15) is 49.2 Å². The van der Waals surface area contributed by atoms with E-state index in [9.17, 15) is 0 Å². The van der Waals surface area contributed by atoms with Crippen LogP contribution in [0.4, 0.5) is 0 Å². The molecule has 1 aromatic rings. The van der Waals surface area contributed by atoms with Crippen LogP contribution in [-0.2, 0) is 0 Å². The normalized spacial score (nSPS) is 16.2. The van der Waals surface area contributed by atoms with Gasteiger partial charge in [-0.05, 0) is 46.7 Å². The first-order valence-corrected chi connectivity index (χ1v) is 7.66. The molecule has 2 atom stereocenters. The van der Waals surface area contributed by atoms with Crippen LogP contribution in [0.2, 0.25) is 0 Å². The first-order chi connectivity index (χ1) is 7.21. The number of alkyl halides is 1. The maximum absolute atomic E-state index is 6.48. The predicted octanol–water partition coefficient (Wildman–Crippen LogP) is 6.17. The predicted molar refractivity (Wildman–Crippen MR) is 78.6 cm³/mol. The van der Waals surface area contributed by atoms with Crippen LogP contribution in [0.3, 0.4) is 0 Å². The van der Waals surface area contributed by atoms with Gasteiger partial charge in [-0.3, -0.25) is 0 Å². The molecule has 0 bridgehead atoms. The largest absolute Gasteiger partial charge is 0.143 e. The third-order valence-electron chi connectivity index (χ3n) is 3.22. The summed E-state index contributed by atoms with van der Waals surface area (Å²) in [6.07, 6.45) is 1.04. The topological polar surface area (TPSA) is 0 Å². The summed E-state index contributed by atoms with van der Waals surface area (Å²) in [7, 11) is 0. The van der Waals surface area contributed by atoms with Crippen molar-refractivity contribution in [2.45, 2.75) is 46.4 Å². The van der Waals surface area contributed by atoms with E-state index in [2.05, 4.69) is 56.6 Å². The zero-order chi connectivity index (χ0) is 12.5. The highest BCUT2D eigenvalue weighted by Crippen LogP contribution is 2.40. The molecule has 0 N–H and O–H groups in total. The quantitative estimate of drug-likeness (QED) is 0.583. The Balaban J connectivity index is 2.69. The average molecular weight is 324 g/mol. The smallest absolute Gasteiger partial charge is 0.0681 e. The minimum absolute atomic E-state index is 0.143. The van der Waals surface area contributed by atoms with Crippen molar-refractivity contribution in [2.24, 2.45) is 11.3 Å². The minimum atomic E-state index is 0.143. The minimum Gasteiger partial charge on any atom is -0.143 e. The van der Waals surface area contributed by atoms with E-state index in [-0.39, 0.29) is 5.38 Å². The van der Waals surface area contributed by atoms with Crippen molar-refractivity contribution in [2.75, 3.05) is 0 Å². The van der Waals surface area contributed by atoms with Crippen molar-refractivity contribution in [3.63, 3.8) is 0 Å². The number of aryl methyl sites for hydroxylation is 1. The molecule has 0 spiro atoms. The van der Waals surface area contributed by atoms with Crippen LogP contribution >= 0.6 is 38.9 Å². The van der Waals surface area contributed by atoms with Gasteiger partial charge in [-0.25, -0.2) is 0 Å². The summed E-state index contributed by atoms with van der Waals surface area (Å²) < 4.78 is 1.18. The van der Waals surface area contributed by atoms with E-state index < -0.39 is 0 Å². The molecule has 0 aliphatic rings. The van der Waals surface area contributed by atoms with Crippen molar-refractivity contribution in [1.82, 2.24) is 0 Å². The molecule has 0 fully saturated rings. The maximum Gasteiger partial charge on any atom is 0.0681 e. The van der Waals surface area contributed by atoms with Gasteiger partial charge in [-0.15, -0.1) is 22.9 Å². The fourth-order valence-electron chi connectivity index (χ4n) is 1.42. The molecule has 92 valence electrons. The van der Waals surface area contributed by atoms with Gasteiger partial charge in [0, 0.05) is 14.2 Å². The molecule has 3 heteroatoms. The highest BCUT2D eigenvalue weighted by atomic mass is 79.9. The Kier molecular flexibility index (Phi) is 4.91. The lowest BCUT2D eigenvalue weighted by Crippen LogP contribution is -2.18. The third-order valence-corrected chi connectivity index (χ3v) is 6.02. The van der Waals surface area contributed by atoms with Crippen molar-refractivity contribution in [1.29, 1.82) is 0 Å². The molecular formula is C13H20BrClS. The van der Waals surface area contributed by atoms with E-state index in [1.165, 1.54) is 14.2 Å². The van der Waals surface area contributed by atoms with Crippen LogP contribution in [-0.4, -0.2) is 0 Å². The summed E-state index contributed by atoms with van der Waals surface area (Å²) in [6, 6.07) is 2.16. The summed E-state index contributed by atoms with van der Waals surface area (Å²) in [5.41, 5.74) is 0.330. The second kappa shape index (κ2) is 5.41. The Bertz CT molecular complexity index is 332. The van der Waals surface area contributed by atoms with Gasteiger partial charge < -0.3 is 0 Å². The molecule has 0 saturated heterocycles. The van der Waals surface area contributed by atoms with Gasteiger partial charge in [0.2, 0.25) is 0 Å². The van der Waals surface area contributed by atoms with Gasteiger partial charge in [0.05, 0.1) is 5.38 Å². The monoisotopic (exact) mass is 322 g/mol. The molecule has 0 aliphatic heterocycles. The second-order valence-corrected chi connectivity index (χ2v) is 8.19. The number of hydrogen-bond donors (Lipinski definition) is 0. The lowest BCUT2D eigenvalue weighted by molar-refractivity contribution is 0.245. The summed E-state index contributed by atoms with van der Waals surface area (Å²) in [6.45, 7) is 11.2. The third kappa shape index (κ3) is 3.75. The van der Waals surface area contributed by atoms with Crippen molar-refractivity contribution < 1.29 is 0 Å². The Hall–Kier alpha value is 0.470. The average Bonchev–Trinajstić information content (AvgIpc) is 2.45. The molecule has 0 aliphatic carbocycles. The van der Waals surface area contributed by atoms with E-state index in [0.29, 0.717) is 11.3 Å². The SMILES string of the molecule is Cc1sc(C(Cl)CC(C)C(C)(C)C)cc1Br. The molecular weight excluding hydrogens is 304 g/mol. The Morgan fingerprint density at radius 1 is 1.44 bits per heavy atom. The van der Waals surface area contributed by atoms with E-state index in [4.69, 9.17) is 11.6 Å². The van der Waals surface area contributed by atoms with Gasteiger partial charge in [0.25, 0.3) is 0 Å². The van der Waals surface area contributed by atoms with E-state index in [1.54, 1.807) is 11.3 Å². The molecule has 0 nitrogen and oxygen atoms in total. The fourth-order valence-corrected chi connectivity index (χ4v) is 3.43. The highest BCUT2D eigenvalue weighted by Gasteiger charge is 2.24. The molecule has 1 heterocycles. The molecule has 1 rings (SSSR count). The Labute approximate surface area is 117 Å². The van der Waals surface area contributed by atoms with E-state index in [0.717, 1.165) is 6.42 Å². The Morgan fingerprint density at radius 3 is 2.38 bits per heavy atom. The first kappa shape index (κ1) is 14.5. The van der Waals surface area contributed by atoms with Crippen LogP contribution in [0, 0.1) is 18.3 Å². The number of hydrogen-bond acceptors (Lipinski definition) is 1. The molecule has 16 heavy (non-hydrogen) atoms. The molecule has 0 aromatic carbocycles. The number of thiophene rings is 1. The summed E-state index contributed by atoms with van der Waals surface area (Å²) in [5.74, 6) is 0.621. The molecule has 0 radical (unpaired) electrons. The molecule has 0 saturated carbocycles. The van der Waals surface area contributed by atoms with Gasteiger partial charge in [-0.2, -0.15) is 0 Å². The van der Waals surface area contributed by atoms with Gasteiger partial charge >= 0.3 is 0 Å². The summed E-state index contributed by atoms with van der Waals surface area (Å²) in [5, 5.41) is 0.143. The standard InChI is InChI=1S/C13H20BrClS/c1-8(13(3,4)5)6-11(15)12-7-10(14)9(2)16-12/h7-8,11H,6H2,1-5H3. The van der Waals surface area contributed by atoms with Crippen LogP contribution in [0.15, 0.2) is 10.5 Å². The van der Waals surface area contributed by atoms with Crippen molar-refractivity contribution in [3.05, 3.63) is 20.3 Å². The fraction of sp³-hybridized carbons (Fsp3) is 0.692. The molecule has 1 aromatic heterocycles. The van der Waals surface area contributed by atoms with Gasteiger partial charge in [0.1, 0.15) is 0 Å². The van der Waals surface area contributed by atoms with Crippen LogP contribution in [0.25, 0.3) is 0 Å². The zero-order valence-corrected chi connectivity index (χ0v) is 13.8. The first-order valence-electron chi connectivity index (χ1n) is 5.61. The Morgan fingerprint density at radius 2 is 2.00 bits per heavy atom. The van der Waals surface area contributed by atoms with Gasteiger partial charge in [0.15, 0.2) is 0 Å². The summed E-state index contributed by atoms with van der Waals surface area (Å²) >= 11 is 11.8. The van der Waals surface area contributed by atoms with Crippen LogP contribution in [0.5, 0.6) is 0 Å². The lowest BCUT2D eigenvalue weighted by Gasteiger charge is -2.28. The van der Waals surface area contributed by atoms with Gasteiger partial charge in [-0.1, -0.05) is 27.7 Å². The highest BCUT2D eigenvalue weighted by molar-refractivity contribution is 9.10. The number of rotatable bonds is 3. The zero-order valence-electron chi connectivity index (χ0n) is 10.6. The van der Waals surface area contributed by atoms with Crippen molar-refractivity contribution >= 4 is 38.9 Å². The number of halogens is 2. The lowest BCUT2D eigenvalue weighted by atomic mass is 9.79. The maximum atomic E-state index is 6.48. The van der Waals surface area contributed by atoms with E-state index >= 15 is 0 Å². The molecule has 0 amide bonds. The second-order valence-electron chi connectivity index (χ2n) is 5.52. The van der Waals surface area contributed by atoms with Crippen LogP contribution < -0.4 is 0 Å². The van der Waals surface area contributed by atoms with Crippen molar-refractivity contribution in [3.8, 4) is 0 Å². The summed E-state index contributed by atoms with van der Waals surface area (Å²) in [4.78, 5) is 2.59.